The number of hydrogen-bond donors (Lipinski definition) is 0. The van der Waals surface area contributed by atoms with Crippen LogP contribution in [-0.4, -0.2) is 0 Å². The van der Waals surface area contributed by atoms with Crippen LogP contribution in [0.4, 0.5) is 0 Å². The van der Waals surface area contributed by atoms with Crippen LogP contribution >= 0.6 is 19.4 Å². The molecule has 3 heteroatoms. The van der Waals surface area contributed by atoms with Crippen LogP contribution in [0.3, 0.4) is 0 Å². The first kappa shape index (κ1) is 13.7. The molecule has 0 aliphatic heterocycles. The molecule has 0 radical (unpaired) electrons. The molecule has 0 N–H and O–H groups in total. The van der Waals surface area contributed by atoms with E-state index >= 15 is 0 Å². The van der Waals surface area contributed by atoms with Crippen LogP contribution in [0.5, 0.6) is 0 Å². The van der Waals surface area contributed by atoms with E-state index in [0.717, 1.165) is 17.9 Å². The Labute approximate surface area is 95.0 Å². The summed E-state index contributed by atoms with van der Waals surface area (Å²) in [7, 11) is 11.6. The van der Waals surface area contributed by atoms with Crippen molar-refractivity contribution in [1.82, 2.24) is 0 Å². The average Bonchev–Trinajstić information content (AvgIpc) is 1.96. The van der Waals surface area contributed by atoms with Gasteiger partial charge in [0.1, 0.15) is 0 Å². The quantitative estimate of drug-likeness (QED) is 0.380. The van der Waals surface area contributed by atoms with Gasteiger partial charge in [0.05, 0.1) is 0 Å². The Hall–Kier alpha value is 0.683. The van der Waals surface area contributed by atoms with Crippen molar-refractivity contribution in [1.29, 1.82) is 0 Å². The van der Waals surface area contributed by atoms with Gasteiger partial charge in [-0.1, -0.05) is 0 Å². The molecular weight excluding hydrogens is 292 g/mol. The van der Waals surface area contributed by atoms with Gasteiger partial charge in [0.15, 0.2) is 0 Å². The molecule has 0 amide bonds. The minimum atomic E-state index is -1.48. The van der Waals surface area contributed by atoms with Crippen molar-refractivity contribution in [2.24, 2.45) is 0 Å². The van der Waals surface area contributed by atoms with Crippen molar-refractivity contribution in [2.45, 2.75) is 38.6 Å². The summed E-state index contributed by atoms with van der Waals surface area (Å²) in [6.45, 7) is 6.35. The topological polar surface area (TPSA) is 0 Å². The Morgan fingerprint density at radius 2 is 1.62 bits per heavy atom. The van der Waals surface area contributed by atoms with Gasteiger partial charge in [-0.15, -0.1) is 0 Å². The standard InChI is InChI=1S/C10H17.2ClH.Ru/c1-9(2)7-5-6-8-10(3)4;;;/h7-8H,1,5-6H2,2-4H3;2*1H;/q;;;+2/p-2. The van der Waals surface area contributed by atoms with Crippen LogP contribution in [0.15, 0.2) is 23.3 Å². The van der Waals surface area contributed by atoms with E-state index in [4.69, 9.17) is 19.4 Å². The molecule has 0 nitrogen and oxygen atoms in total. The number of unbranched alkanes of at least 4 members (excludes halogenated alkanes) is 1. The molecule has 0 aliphatic rings. The summed E-state index contributed by atoms with van der Waals surface area (Å²) in [6.07, 6.45) is 6.72. The van der Waals surface area contributed by atoms with Crippen LogP contribution in [0.2, 0.25) is 5.02 Å². The van der Waals surface area contributed by atoms with E-state index in [1.165, 1.54) is 11.1 Å². The SMILES string of the molecule is CC(C)=CCCC=C(C)[CH2][Ru]([Cl])[Cl]. The van der Waals surface area contributed by atoms with Crippen molar-refractivity contribution in [3.05, 3.63) is 23.3 Å². The van der Waals surface area contributed by atoms with Gasteiger partial charge < -0.3 is 0 Å². The molecule has 0 saturated carbocycles. The molecule has 0 aromatic heterocycles. The summed E-state index contributed by atoms with van der Waals surface area (Å²) in [6, 6.07) is 0. The molecule has 0 aromatic carbocycles. The van der Waals surface area contributed by atoms with E-state index in [1.807, 2.05) is 0 Å². The van der Waals surface area contributed by atoms with Crippen LogP contribution < -0.4 is 0 Å². The van der Waals surface area contributed by atoms with Crippen LogP contribution in [-0.2, 0) is 14.0 Å². The maximum atomic E-state index is 5.79. The van der Waals surface area contributed by atoms with Gasteiger partial charge >= 0.3 is 95.3 Å². The van der Waals surface area contributed by atoms with Gasteiger partial charge in [-0.2, -0.15) is 0 Å². The Bertz CT molecular complexity index is 191. The summed E-state index contributed by atoms with van der Waals surface area (Å²) in [5.74, 6) is 0. The van der Waals surface area contributed by atoms with Crippen molar-refractivity contribution < 1.29 is 14.0 Å². The molecule has 13 heavy (non-hydrogen) atoms. The fourth-order valence-corrected chi connectivity index (χ4v) is 3.65. The molecule has 0 bridgehead atoms. The monoisotopic (exact) mass is 309 g/mol. The van der Waals surface area contributed by atoms with E-state index in [1.54, 1.807) is 0 Å². The third-order valence-corrected chi connectivity index (χ3v) is 4.06. The maximum absolute atomic E-state index is 5.79. The molecule has 0 unspecified atom stereocenters. The third kappa shape index (κ3) is 10.6. The van der Waals surface area contributed by atoms with Gasteiger partial charge in [0.25, 0.3) is 0 Å². The van der Waals surface area contributed by atoms with Gasteiger partial charge in [0.2, 0.25) is 0 Å². The van der Waals surface area contributed by atoms with Gasteiger partial charge in [-0.25, -0.2) is 0 Å². The predicted molar refractivity (Wildman–Crippen MR) is 58.9 cm³/mol. The zero-order valence-electron chi connectivity index (χ0n) is 8.39. The summed E-state index contributed by atoms with van der Waals surface area (Å²) in [5.41, 5.74) is 2.72. The second kappa shape index (κ2) is 8.03. The number of rotatable bonds is 5. The Morgan fingerprint density at radius 3 is 2.08 bits per heavy atom. The molecule has 0 aromatic rings. The molecular formula is C10H17Cl2Ru. The van der Waals surface area contributed by atoms with Crippen LogP contribution in [0, 0.1) is 0 Å². The van der Waals surface area contributed by atoms with Crippen molar-refractivity contribution in [3.8, 4) is 0 Å². The summed E-state index contributed by atoms with van der Waals surface area (Å²) >= 11 is -1.48. The molecule has 79 valence electrons. The van der Waals surface area contributed by atoms with E-state index < -0.39 is 14.0 Å². The first-order valence-corrected chi connectivity index (χ1v) is 9.97. The minimum absolute atomic E-state index is 0.919. The Balaban J connectivity index is 3.65. The van der Waals surface area contributed by atoms with E-state index in [0.29, 0.717) is 0 Å². The van der Waals surface area contributed by atoms with E-state index in [2.05, 4.69) is 32.9 Å². The fourth-order valence-electron chi connectivity index (χ4n) is 0.902. The first-order valence-electron chi connectivity index (χ1n) is 4.26. The zero-order valence-corrected chi connectivity index (χ0v) is 11.6. The number of halogens is 2. The Morgan fingerprint density at radius 1 is 1.08 bits per heavy atom. The first-order chi connectivity index (χ1) is 6.02. The average molecular weight is 309 g/mol. The van der Waals surface area contributed by atoms with Crippen molar-refractivity contribution >= 4 is 19.4 Å². The zero-order chi connectivity index (χ0) is 10.3. The normalized spacial score (nSPS) is 12.7. The predicted octanol–water partition coefficient (Wildman–Crippen LogP) is 5.02. The molecule has 0 spiro atoms. The van der Waals surface area contributed by atoms with Gasteiger partial charge in [-0.05, 0) is 0 Å². The molecule has 0 atom stereocenters. The van der Waals surface area contributed by atoms with Gasteiger partial charge in [-0.3, -0.25) is 0 Å². The van der Waals surface area contributed by atoms with Crippen LogP contribution in [0.1, 0.15) is 33.6 Å². The van der Waals surface area contributed by atoms with E-state index in [9.17, 15) is 0 Å². The summed E-state index contributed by atoms with van der Waals surface area (Å²) in [4.78, 5) is 0. The molecule has 0 aliphatic carbocycles. The fraction of sp³-hybridized carbons (Fsp3) is 0.600. The summed E-state index contributed by atoms with van der Waals surface area (Å²) in [5, 5.41) is 0.919. The van der Waals surface area contributed by atoms with Crippen LogP contribution in [0.25, 0.3) is 0 Å². The molecule has 0 fully saturated rings. The summed E-state index contributed by atoms with van der Waals surface area (Å²) < 4.78 is 0. The Kier molecular flexibility index (Phi) is 8.45. The molecule has 0 rings (SSSR count). The van der Waals surface area contributed by atoms with Gasteiger partial charge in [0, 0.05) is 0 Å². The second-order valence-electron chi connectivity index (χ2n) is 3.27. The van der Waals surface area contributed by atoms with E-state index in [-0.39, 0.29) is 0 Å². The van der Waals surface area contributed by atoms with Crippen molar-refractivity contribution in [2.75, 3.05) is 0 Å². The molecule has 0 heterocycles. The third-order valence-electron chi connectivity index (χ3n) is 1.50. The molecule has 0 saturated heterocycles. The number of allylic oxidation sites excluding steroid dienone is 4. The second-order valence-corrected chi connectivity index (χ2v) is 9.69. The van der Waals surface area contributed by atoms with Crippen molar-refractivity contribution in [3.63, 3.8) is 0 Å². The number of hydrogen-bond acceptors (Lipinski definition) is 0.